The number of aryl methyl sites for hydroxylation is 1. The van der Waals surface area contributed by atoms with Crippen molar-refractivity contribution in [1.29, 1.82) is 0 Å². The number of amides is 3. The Morgan fingerprint density at radius 3 is 2.66 bits per heavy atom. The summed E-state index contributed by atoms with van der Waals surface area (Å²) in [6, 6.07) is 18.3. The lowest BCUT2D eigenvalue weighted by atomic mass is 10.1. The summed E-state index contributed by atoms with van der Waals surface area (Å²) in [5.41, 5.74) is 2.24. The standard InChI is InChI=1S/C26H20ClFN2O4S/c1-16-10-11-19(27)13-21(16)29-24(31)14-30-25(32)23(35-26(30)33)12-17-6-3-5-9-22(17)34-15-18-7-2-4-8-20(18)28/h2-13H,14-15H2,1H3,(H,29,31)/b23-12+. The number of thioether (sulfide) groups is 1. The molecule has 1 saturated heterocycles. The van der Waals surface area contributed by atoms with Gasteiger partial charge in [0.2, 0.25) is 5.91 Å². The molecule has 0 saturated carbocycles. The third-order valence-corrected chi connectivity index (χ3v) is 6.34. The molecular weight excluding hydrogens is 491 g/mol. The molecule has 9 heteroatoms. The summed E-state index contributed by atoms with van der Waals surface area (Å²) < 4.78 is 19.7. The summed E-state index contributed by atoms with van der Waals surface area (Å²) in [4.78, 5) is 38.9. The van der Waals surface area contributed by atoms with Crippen molar-refractivity contribution in [3.05, 3.63) is 99.2 Å². The Kier molecular flexibility index (Phi) is 7.53. The first kappa shape index (κ1) is 24.5. The average molecular weight is 511 g/mol. The van der Waals surface area contributed by atoms with Gasteiger partial charge < -0.3 is 10.1 Å². The van der Waals surface area contributed by atoms with E-state index in [-0.39, 0.29) is 17.3 Å². The summed E-state index contributed by atoms with van der Waals surface area (Å²) in [5, 5.41) is 2.58. The number of nitrogens with zero attached hydrogens (tertiary/aromatic N) is 1. The molecule has 0 radical (unpaired) electrons. The highest BCUT2D eigenvalue weighted by molar-refractivity contribution is 8.18. The van der Waals surface area contributed by atoms with E-state index in [1.165, 1.54) is 12.1 Å². The first-order chi connectivity index (χ1) is 16.8. The van der Waals surface area contributed by atoms with Crippen molar-refractivity contribution >= 4 is 52.2 Å². The monoisotopic (exact) mass is 510 g/mol. The molecule has 0 spiro atoms. The zero-order valence-corrected chi connectivity index (χ0v) is 20.2. The van der Waals surface area contributed by atoms with Crippen LogP contribution in [-0.2, 0) is 16.2 Å². The molecule has 4 rings (SSSR count). The van der Waals surface area contributed by atoms with Crippen molar-refractivity contribution in [3.63, 3.8) is 0 Å². The van der Waals surface area contributed by atoms with E-state index >= 15 is 0 Å². The molecule has 0 aromatic heterocycles. The van der Waals surface area contributed by atoms with Crippen LogP contribution in [0.1, 0.15) is 16.7 Å². The van der Waals surface area contributed by atoms with Crippen LogP contribution < -0.4 is 10.1 Å². The highest BCUT2D eigenvalue weighted by atomic mass is 35.5. The number of para-hydroxylation sites is 1. The minimum Gasteiger partial charge on any atom is -0.488 e. The predicted octanol–water partition coefficient (Wildman–Crippen LogP) is 6.04. The second-order valence-electron chi connectivity index (χ2n) is 7.69. The summed E-state index contributed by atoms with van der Waals surface area (Å²) in [6.45, 7) is 1.38. The number of hydrogen-bond donors (Lipinski definition) is 1. The van der Waals surface area contributed by atoms with E-state index in [2.05, 4.69) is 5.32 Å². The number of rotatable bonds is 7. The van der Waals surface area contributed by atoms with Gasteiger partial charge >= 0.3 is 0 Å². The molecule has 35 heavy (non-hydrogen) atoms. The van der Waals surface area contributed by atoms with Gasteiger partial charge in [0.05, 0.1) is 4.91 Å². The highest BCUT2D eigenvalue weighted by Crippen LogP contribution is 2.34. The lowest BCUT2D eigenvalue weighted by molar-refractivity contribution is -0.127. The molecule has 3 amide bonds. The second-order valence-corrected chi connectivity index (χ2v) is 9.12. The van der Waals surface area contributed by atoms with Crippen LogP contribution in [0, 0.1) is 12.7 Å². The second kappa shape index (κ2) is 10.8. The van der Waals surface area contributed by atoms with Crippen LogP contribution in [0.2, 0.25) is 5.02 Å². The average Bonchev–Trinajstić information content (AvgIpc) is 3.09. The summed E-state index contributed by atoms with van der Waals surface area (Å²) in [7, 11) is 0. The molecular formula is C26H20ClFN2O4S. The quantitative estimate of drug-likeness (QED) is 0.392. The number of ether oxygens (including phenoxy) is 1. The molecule has 3 aromatic rings. The van der Waals surface area contributed by atoms with Gasteiger partial charge in [0, 0.05) is 21.8 Å². The molecule has 1 heterocycles. The third kappa shape index (κ3) is 5.90. The van der Waals surface area contributed by atoms with E-state index < -0.39 is 23.6 Å². The van der Waals surface area contributed by atoms with Gasteiger partial charge in [0.15, 0.2) is 0 Å². The maximum atomic E-state index is 13.9. The molecule has 3 aromatic carbocycles. The van der Waals surface area contributed by atoms with Crippen molar-refractivity contribution in [2.45, 2.75) is 13.5 Å². The zero-order chi connectivity index (χ0) is 24.9. The fourth-order valence-corrected chi connectivity index (χ4v) is 4.34. The third-order valence-electron chi connectivity index (χ3n) is 5.20. The SMILES string of the molecule is Cc1ccc(Cl)cc1NC(=O)CN1C(=O)S/C(=C/c2ccccc2OCc2ccccc2F)C1=O. The molecule has 6 nitrogen and oxygen atoms in total. The van der Waals surface area contributed by atoms with Gasteiger partial charge in [-0.2, -0.15) is 0 Å². The molecule has 0 atom stereocenters. The van der Waals surface area contributed by atoms with Gasteiger partial charge in [0.1, 0.15) is 24.7 Å². The maximum absolute atomic E-state index is 13.9. The predicted molar refractivity (Wildman–Crippen MR) is 135 cm³/mol. The van der Waals surface area contributed by atoms with E-state index in [1.807, 2.05) is 0 Å². The van der Waals surface area contributed by atoms with Crippen LogP contribution >= 0.6 is 23.4 Å². The van der Waals surface area contributed by atoms with Crippen molar-refractivity contribution in [2.75, 3.05) is 11.9 Å². The number of anilines is 1. The van der Waals surface area contributed by atoms with Gasteiger partial charge in [-0.1, -0.05) is 54.1 Å². The van der Waals surface area contributed by atoms with Gasteiger partial charge in [0.25, 0.3) is 11.1 Å². The van der Waals surface area contributed by atoms with E-state index in [4.69, 9.17) is 16.3 Å². The van der Waals surface area contributed by atoms with Crippen molar-refractivity contribution < 1.29 is 23.5 Å². The van der Waals surface area contributed by atoms with Crippen LogP contribution in [0.15, 0.2) is 71.6 Å². The van der Waals surface area contributed by atoms with E-state index in [9.17, 15) is 18.8 Å². The summed E-state index contributed by atoms with van der Waals surface area (Å²) >= 11 is 6.72. The Hall–Kier alpha value is -3.62. The van der Waals surface area contributed by atoms with Crippen LogP contribution in [0.5, 0.6) is 5.75 Å². The number of carbonyl (C=O) groups excluding carboxylic acids is 3. The molecule has 0 bridgehead atoms. The summed E-state index contributed by atoms with van der Waals surface area (Å²) in [5.74, 6) is -1.05. The number of benzene rings is 3. The molecule has 0 unspecified atom stereocenters. The molecule has 178 valence electrons. The molecule has 1 fully saturated rings. The highest BCUT2D eigenvalue weighted by Gasteiger charge is 2.36. The zero-order valence-electron chi connectivity index (χ0n) is 18.6. The van der Waals surface area contributed by atoms with Gasteiger partial charge in [-0.25, -0.2) is 4.39 Å². The first-order valence-electron chi connectivity index (χ1n) is 10.6. The van der Waals surface area contributed by atoms with E-state index in [0.717, 1.165) is 22.2 Å². The molecule has 1 aliphatic heterocycles. The van der Waals surface area contributed by atoms with E-state index in [0.29, 0.717) is 27.6 Å². The minimum absolute atomic E-state index is 0.00208. The Balaban J connectivity index is 1.46. The van der Waals surface area contributed by atoms with Crippen LogP contribution in [-0.4, -0.2) is 28.5 Å². The Morgan fingerprint density at radius 1 is 1.11 bits per heavy atom. The topological polar surface area (TPSA) is 75.7 Å². The van der Waals surface area contributed by atoms with Crippen LogP contribution in [0.4, 0.5) is 14.9 Å². The van der Waals surface area contributed by atoms with Crippen molar-refractivity contribution in [3.8, 4) is 5.75 Å². The Bertz CT molecular complexity index is 1340. The summed E-state index contributed by atoms with van der Waals surface area (Å²) in [6.07, 6.45) is 1.53. The van der Waals surface area contributed by atoms with Gasteiger partial charge in [-0.3, -0.25) is 19.3 Å². The lowest BCUT2D eigenvalue weighted by Gasteiger charge is -2.14. The molecule has 1 N–H and O–H groups in total. The number of nitrogens with one attached hydrogen (secondary N) is 1. The van der Waals surface area contributed by atoms with Crippen molar-refractivity contribution in [2.24, 2.45) is 0 Å². The van der Waals surface area contributed by atoms with Crippen LogP contribution in [0.25, 0.3) is 6.08 Å². The molecule has 0 aliphatic carbocycles. The number of halogens is 2. The number of carbonyl (C=O) groups is 3. The number of imide groups is 1. The normalized spacial score (nSPS) is 14.5. The largest absolute Gasteiger partial charge is 0.488 e. The van der Waals surface area contributed by atoms with Gasteiger partial charge in [-0.15, -0.1) is 0 Å². The first-order valence-corrected chi connectivity index (χ1v) is 11.8. The van der Waals surface area contributed by atoms with E-state index in [1.54, 1.807) is 67.6 Å². The lowest BCUT2D eigenvalue weighted by Crippen LogP contribution is -2.36. The van der Waals surface area contributed by atoms with Gasteiger partial charge in [-0.05, 0) is 54.6 Å². The fraction of sp³-hybridized carbons (Fsp3) is 0.115. The minimum atomic E-state index is -0.582. The van der Waals surface area contributed by atoms with Crippen LogP contribution in [0.3, 0.4) is 0 Å². The Morgan fingerprint density at radius 2 is 1.86 bits per heavy atom. The Labute approximate surface area is 210 Å². The van der Waals surface area contributed by atoms with Crippen molar-refractivity contribution in [1.82, 2.24) is 4.90 Å². The smallest absolute Gasteiger partial charge is 0.294 e. The number of hydrogen-bond acceptors (Lipinski definition) is 5. The maximum Gasteiger partial charge on any atom is 0.294 e. The molecule has 1 aliphatic rings. The fourth-order valence-electron chi connectivity index (χ4n) is 3.34.